The number of aliphatic hydroxyl groups excluding tert-OH is 1. The van der Waals surface area contributed by atoms with Crippen LogP contribution >= 0.6 is 0 Å². The first-order valence-electron chi connectivity index (χ1n) is 5.32. The molecule has 0 aromatic heterocycles. The van der Waals surface area contributed by atoms with Crippen molar-refractivity contribution in [3.8, 4) is 0 Å². The Balaban J connectivity index is 2.71. The van der Waals surface area contributed by atoms with Crippen LogP contribution in [0.3, 0.4) is 0 Å². The van der Waals surface area contributed by atoms with E-state index in [2.05, 4.69) is 0 Å². The molecule has 1 aromatic carbocycles. The molecule has 3 N–H and O–H groups in total. The Bertz CT molecular complexity index is 409. The minimum absolute atomic E-state index is 0.269. The molecule has 4 nitrogen and oxygen atoms in total. The number of carbonyl (C=O) groups excluding carboxylic acids is 1. The van der Waals surface area contributed by atoms with Gasteiger partial charge in [-0.1, -0.05) is 12.1 Å². The van der Waals surface area contributed by atoms with E-state index in [1.165, 1.54) is 11.0 Å². The molecule has 0 spiro atoms. The molecule has 0 heterocycles. The standard InChI is InChI=1S/C12H17FN2O2/c1-8-5-9(3-4-10(8)13)6-15(2)12(17)11(14)7-16/h3-5,11,16H,6-7,14H2,1-2H3. The van der Waals surface area contributed by atoms with Crippen molar-refractivity contribution in [2.24, 2.45) is 5.73 Å². The molecule has 0 saturated heterocycles. The topological polar surface area (TPSA) is 66.6 Å². The van der Waals surface area contributed by atoms with Gasteiger partial charge in [-0.3, -0.25) is 4.79 Å². The molecule has 17 heavy (non-hydrogen) atoms. The predicted octanol–water partition coefficient (Wildman–Crippen LogP) is 0.412. The lowest BCUT2D eigenvalue weighted by Crippen LogP contribution is -2.43. The number of benzene rings is 1. The van der Waals surface area contributed by atoms with Gasteiger partial charge in [0.2, 0.25) is 5.91 Å². The smallest absolute Gasteiger partial charge is 0.241 e. The summed E-state index contributed by atoms with van der Waals surface area (Å²) in [6, 6.07) is 3.77. The van der Waals surface area contributed by atoms with E-state index in [9.17, 15) is 9.18 Å². The van der Waals surface area contributed by atoms with Crippen LogP contribution in [0.15, 0.2) is 18.2 Å². The number of hydrogen-bond acceptors (Lipinski definition) is 3. The largest absolute Gasteiger partial charge is 0.394 e. The van der Waals surface area contributed by atoms with Gasteiger partial charge in [0.25, 0.3) is 0 Å². The zero-order valence-electron chi connectivity index (χ0n) is 9.98. The van der Waals surface area contributed by atoms with Crippen molar-refractivity contribution in [2.75, 3.05) is 13.7 Å². The molecular weight excluding hydrogens is 223 g/mol. The molecule has 0 aliphatic rings. The van der Waals surface area contributed by atoms with Crippen LogP contribution in [0.5, 0.6) is 0 Å². The maximum absolute atomic E-state index is 13.0. The number of aryl methyl sites for hydroxylation is 1. The van der Waals surface area contributed by atoms with Gasteiger partial charge in [0.15, 0.2) is 0 Å². The van der Waals surface area contributed by atoms with Crippen molar-refractivity contribution in [2.45, 2.75) is 19.5 Å². The third kappa shape index (κ3) is 3.51. The van der Waals surface area contributed by atoms with Crippen LogP contribution < -0.4 is 5.73 Å². The molecule has 0 aliphatic heterocycles. The van der Waals surface area contributed by atoms with E-state index in [1.54, 1.807) is 26.1 Å². The lowest BCUT2D eigenvalue weighted by molar-refractivity contribution is -0.132. The molecule has 1 amide bonds. The van der Waals surface area contributed by atoms with Crippen LogP contribution in [0.25, 0.3) is 0 Å². The number of carbonyl (C=O) groups is 1. The van der Waals surface area contributed by atoms with E-state index >= 15 is 0 Å². The van der Waals surface area contributed by atoms with Crippen LogP contribution in [-0.4, -0.2) is 35.6 Å². The molecule has 0 saturated carbocycles. The van der Waals surface area contributed by atoms with Crippen LogP contribution in [-0.2, 0) is 11.3 Å². The zero-order valence-corrected chi connectivity index (χ0v) is 9.98. The molecule has 1 atom stereocenters. The highest BCUT2D eigenvalue weighted by Gasteiger charge is 2.17. The number of rotatable bonds is 4. The van der Waals surface area contributed by atoms with Crippen molar-refractivity contribution in [3.63, 3.8) is 0 Å². The summed E-state index contributed by atoms with van der Waals surface area (Å²) in [5.74, 6) is -0.607. The number of nitrogens with two attached hydrogens (primary N) is 1. The van der Waals surface area contributed by atoms with Gasteiger partial charge in [-0.25, -0.2) is 4.39 Å². The first kappa shape index (κ1) is 13.6. The minimum Gasteiger partial charge on any atom is -0.394 e. The van der Waals surface area contributed by atoms with E-state index in [-0.39, 0.29) is 18.3 Å². The van der Waals surface area contributed by atoms with Gasteiger partial charge in [-0.05, 0) is 24.1 Å². The van der Waals surface area contributed by atoms with Crippen molar-refractivity contribution >= 4 is 5.91 Å². The maximum Gasteiger partial charge on any atom is 0.241 e. The number of amides is 1. The minimum atomic E-state index is -0.901. The van der Waals surface area contributed by atoms with Crippen LogP contribution in [0.2, 0.25) is 0 Å². The second-order valence-electron chi connectivity index (χ2n) is 4.07. The second-order valence-corrected chi connectivity index (χ2v) is 4.07. The molecule has 0 radical (unpaired) electrons. The number of likely N-dealkylation sites (N-methyl/N-ethyl adjacent to an activating group) is 1. The van der Waals surface area contributed by atoms with Crippen molar-refractivity contribution in [1.29, 1.82) is 0 Å². The van der Waals surface area contributed by atoms with Crippen molar-refractivity contribution in [1.82, 2.24) is 4.90 Å². The molecule has 94 valence electrons. The Labute approximate surface area is 99.8 Å². The molecule has 0 fully saturated rings. The Morgan fingerprint density at radius 2 is 2.24 bits per heavy atom. The van der Waals surface area contributed by atoms with Crippen LogP contribution in [0.1, 0.15) is 11.1 Å². The van der Waals surface area contributed by atoms with Gasteiger partial charge >= 0.3 is 0 Å². The molecular formula is C12H17FN2O2. The summed E-state index contributed by atoms with van der Waals surface area (Å²) in [6.07, 6.45) is 0. The summed E-state index contributed by atoms with van der Waals surface area (Å²) in [4.78, 5) is 13.0. The highest BCUT2D eigenvalue weighted by atomic mass is 19.1. The molecule has 5 heteroatoms. The summed E-state index contributed by atoms with van der Waals surface area (Å²) < 4.78 is 13.0. The Hall–Kier alpha value is -1.46. The lowest BCUT2D eigenvalue weighted by atomic mass is 10.1. The summed E-state index contributed by atoms with van der Waals surface area (Å²) in [7, 11) is 1.59. The monoisotopic (exact) mass is 240 g/mol. The molecule has 1 unspecified atom stereocenters. The first-order chi connectivity index (χ1) is 7.95. The van der Waals surface area contributed by atoms with E-state index < -0.39 is 6.04 Å². The van der Waals surface area contributed by atoms with Gasteiger partial charge in [0, 0.05) is 13.6 Å². The van der Waals surface area contributed by atoms with E-state index in [0.29, 0.717) is 12.1 Å². The number of aliphatic hydroxyl groups is 1. The average molecular weight is 240 g/mol. The zero-order chi connectivity index (χ0) is 13.0. The normalized spacial score (nSPS) is 12.3. The van der Waals surface area contributed by atoms with Gasteiger partial charge in [0.05, 0.1) is 6.61 Å². The third-order valence-corrected chi connectivity index (χ3v) is 2.53. The number of nitrogens with zero attached hydrogens (tertiary/aromatic N) is 1. The van der Waals surface area contributed by atoms with E-state index in [0.717, 1.165) is 5.56 Å². The molecule has 1 aromatic rings. The summed E-state index contributed by atoms with van der Waals surface area (Å²) in [6.45, 7) is 1.62. The Kier molecular flexibility index (Phi) is 4.60. The van der Waals surface area contributed by atoms with Crippen molar-refractivity contribution < 1.29 is 14.3 Å². The first-order valence-corrected chi connectivity index (χ1v) is 5.32. The lowest BCUT2D eigenvalue weighted by Gasteiger charge is -2.20. The fraction of sp³-hybridized carbons (Fsp3) is 0.417. The Morgan fingerprint density at radius 1 is 1.59 bits per heavy atom. The van der Waals surface area contributed by atoms with Crippen molar-refractivity contribution in [3.05, 3.63) is 35.1 Å². The molecule has 0 bridgehead atoms. The average Bonchev–Trinajstić information content (AvgIpc) is 2.31. The summed E-state index contributed by atoms with van der Waals surface area (Å²) in [5, 5.41) is 8.78. The number of hydrogen-bond donors (Lipinski definition) is 2. The summed E-state index contributed by atoms with van der Waals surface area (Å²) in [5.41, 5.74) is 6.78. The van der Waals surface area contributed by atoms with Gasteiger partial charge in [-0.2, -0.15) is 0 Å². The van der Waals surface area contributed by atoms with Crippen LogP contribution in [0.4, 0.5) is 4.39 Å². The van der Waals surface area contributed by atoms with Crippen LogP contribution in [0, 0.1) is 12.7 Å². The van der Waals surface area contributed by atoms with E-state index in [1.807, 2.05) is 0 Å². The highest BCUT2D eigenvalue weighted by molar-refractivity contribution is 5.81. The number of halogens is 1. The maximum atomic E-state index is 13.0. The molecule has 0 aliphatic carbocycles. The fourth-order valence-electron chi connectivity index (χ4n) is 1.52. The third-order valence-electron chi connectivity index (χ3n) is 2.53. The second kappa shape index (κ2) is 5.75. The van der Waals surface area contributed by atoms with E-state index in [4.69, 9.17) is 10.8 Å². The van der Waals surface area contributed by atoms with Gasteiger partial charge in [0.1, 0.15) is 11.9 Å². The quantitative estimate of drug-likeness (QED) is 0.801. The Morgan fingerprint density at radius 3 is 2.76 bits per heavy atom. The fourth-order valence-corrected chi connectivity index (χ4v) is 1.52. The SMILES string of the molecule is Cc1cc(CN(C)C(=O)C(N)CO)ccc1F. The van der Waals surface area contributed by atoms with Gasteiger partial charge in [-0.15, -0.1) is 0 Å². The predicted molar refractivity (Wildman–Crippen MR) is 62.7 cm³/mol. The molecule has 1 rings (SSSR count). The highest BCUT2D eigenvalue weighted by Crippen LogP contribution is 2.11. The van der Waals surface area contributed by atoms with Gasteiger partial charge < -0.3 is 15.7 Å². The summed E-state index contributed by atoms with van der Waals surface area (Å²) >= 11 is 0.